The van der Waals surface area contributed by atoms with Gasteiger partial charge >= 0.3 is 0 Å². The van der Waals surface area contributed by atoms with Crippen LogP contribution >= 0.6 is 0 Å². The fourth-order valence-corrected chi connectivity index (χ4v) is 1.89. The molecular weight excluding hydrogens is 200 g/mol. The van der Waals surface area contributed by atoms with Gasteiger partial charge in [-0.05, 0) is 12.1 Å². The molecule has 0 aromatic heterocycles. The van der Waals surface area contributed by atoms with Gasteiger partial charge in [0.1, 0.15) is 0 Å². The van der Waals surface area contributed by atoms with Crippen molar-refractivity contribution in [3.05, 3.63) is 36.9 Å². The van der Waals surface area contributed by atoms with E-state index in [1.165, 1.54) is 11.4 Å². The second-order valence-corrected chi connectivity index (χ2v) is 3.79. The molecule has 16 heavy (non-hydrogen) atoms. The molecule has 2 rings (SSSR count). The number of nitrogens with one attached hydrogen (secondary N) is 1. The third kappa shape index (κ3) is 2.55. The molecule has 1 aliphatic rings. The molecule has 0 aliphatic carbocycles. The first-order valence-electron chi connectivity index (χ1n) is 5.68. The molecule has 0 amide bonds. The summed E-state index contributed by atoms with van der Waals surface area (Å²) in [5, 5.41) is 3.36. The zero-order chi connectivity index (χ0) is 11.2. The quantitative estimate of drug-likeness (QED) is 0.783. The molecule has 0 spiro atoms. The molecule has 0 radical (unpaired) electrons. The second kappa shape index (κ2) is 5.56. The van der Waals surface area contributed by atoms with E-state index in [4.69, 9.17) is 4.74 Å². The molecular formula is C13H18N2O. The van der Waals surface area contributed by atoms with E-state index in [0.29, 0.717) is 0 Å². The maximum atomic E-state index is 5.36. The molecule has 1 N–H and O–H groups in total. The van der Waals surface area contributed by atoms with Gasteiger partial charge in [0.05, 0.1) is 24.6 Å². The Bertz CT molecular complexity index is 346. The van der Waals surface area contributed by atoms with Crippen LogP contribution in [-0.4, -0.2) is 32.8 Å². The van der Waals surface area contributed by atoms with Crippen molar-refractivity contribution in [1.29, 1.82) is 0 Å². The molecule has 1 saturated heterocycles. The van der Waals surface area contributed by atoms with E-state index in [2.05, 4.69) is 41.1 Å². The van der Waals surface area contributed by atoms with E-state index in [0.717, 1.165) is 32.8 Å². The predicted octanol–water partition coefficient (Wildman–Crippen LogP) is 2.12. The predicted molar refractivity (Wildman–Crippen MR) is 68.2 cm³/mol. The average Bonchev–Trinajstić information content (AvgIpc) is 2.38. The van der Waals surface area contributed by atoms with Crippen molar-refractivity contribution in [1.82, 2.24) is 0 Å². The highest BCUT2D eigenvalue weighted by atomic mass is 16.5. The lowest BCUT2D eigenvalue weighted by Crippen LogP contribution is -2.36. The minimum Gasteiger partial charge on any atom is -0.380 e. The summed E-state index contributed by atoms with van der Waals surface area (Å²) in [5.41, 5.74) is 2.43. The van der Waals surface area contributed by atoms with Crippen LogP contribution in [0.4, 0.5) is 11.4 Å². The van der Waals surface area contributed by atoms with Crippen LogP contribution < -0.4 is 10.2 Å². The van der Waals surface area contributed by atoms with Gasteiger partial charge in [0.15, 0.2) is 0 Å². The van der Waals surface area contributed by atoms with Crippen molar-refractivity contribution in [3.63, 3.8) is 0 Å². The third-order valence-corrected chi connectivity index (χ3v) is 2.69. The molecule has 1 aliphatic heterocycles. The van der Waals surface area contributed by atoms with Crippen LogP contribution in [-0.2, 0) is 4.74 Å². The molecule has 3 nitrogen and oxygen atoms in total. The Hall–Kier alpha value is -1.48. The standard InChI is InChI=1S/C13H18N2O/c1-2-7-14-12-5-3-4-6-13(12)15-8-10-16-11-9-15/h2-6,14H,1,7-11H2. The average molecular weight is 218 g/mol. The summed E-state index contributed by atoms with van der Waals surface area (Å²) in [7, 11) is 0. The summed E-state index contributed by atoms with van der Waals surface area (Å²) in [6, 6.07) is 8.38. The van der Waals surface area contributed by atoms with Gasteiger partial charge in [-0.2, -0.15) is 0 Å². The minimum absolute atomic E-state index is 0.793. The summed E-state index contributed by atoms with van der Waals surface area (Å²) in [4.78, 5) is 2.36. The number of hydrogen-bond acceptors (Lipinski definition) is 3. The van der Waals surface area contributed by atoms with Gasteiger partial charge in [0.2, 0.25) is 0 Å². The molecule has 0 bridgehead atoms. The Morgan fingerprint density at radius 2 is 2.06 bits per heavy atom. The molecule has 1 fully saturated rings. The topological polar surface area (TPSA) is 24.5 Å². The van der Waals surface area contributed by atoms with E-state index in [-0.39, 0.29) is 0 Å². The number of anilines is 2. The van der Waals surface area contributed by atoms with Crippen LogP contribution in [0.3, 0.4) is 0 Å². The molecule has 86 valence electrons. The van der Waals surface area contributed by atoms with Crippen LogP contribution in [0.1, 0.15) is 0 Å². The summed E-state index contributed by atoms with van der Waals surface area (Å²) in [6.07, 6.45) is 1.87. The number of benzene rings is 1. The SMILES string of the molecule is C=CCNc1ccccc1N1CCOCC1. The summed E-state index contributed by atoms with van der Waals surface area (Å²) >= 11 is 0. The van der Waals surface area contributed by atoms with Crippen LogP contribution in [0, 0.1) is 0 Å². The molecule has 1 aromatic carbocycles. The molecule has 0 atom stereocenters. The van der Waals surface area contributed by atoms with E-state index in [1.54, 1.807) is 0 Å². The van der Waals surface area contributed by atoms with Gasteiger partial charge in [0, 0.05) is 19.6 Å². The molecule has 3 heteroatoms. The smallest absolute Gasteiger partial charge is 0.0642 e. The monoisotopic (exact) mass is 218 g/mol. The Kier molecular flexibility index (Phi) is 3.83. The molecule has 0 unspecified atom stereocenters. The Labute approximate surface area is 96.7 Å². The Morgan fingerprint density at radius 1 is 1.31 bits per heavy atom. The number of rotatable bonds is 4. The summed E-state index contributed by atoms with van der Waals surface area (Å²) in [5.74, 6) is 0. The number of nitrogens with zero attached hydrogens (tertiary/aromatic N) is 1. The lowest BCUT2D eigenvalue weighted by atomic mass is 10.2. The van der Waals surface area contributed by atoms with Crippen molar-refractivity contribution in [3.8, 4) is 0 Å². The highest BCUT2D eigenvalue weighted by molar-refractivity contribution is 5.70. The number of hydrogen-bond donors (Lipinski definition) is 1. The molecule has 1 aromatic rings. The van der Waals surface area contributed by atoms with Gasteiger partial charge in [-0.3, -0.25) is 0 Å². The fraction of sp³-hybridized carbons (Fsp3) is 0.385. The summed E-state index contributed by atoms with van der Waals surface area (Å²) < 4.78 is 5.36. The first-order chi connectivity index (χ1) is 7.92. The fourth-order valence-electron chi connectivity index (χ4n) is 1.89. The van der Waals surface area contributed by atoms with Gasteiger partial charge in [0.25, 0.3) is 0 Å². The maximum absolute atomic E-state index is 5.36. The highest BCUT2D eigenvalue weighted by Gasteiger charge is 2.13. The van der Waals surface area contributed by atoms with Crippen molar-refractivity contribution in [2.45, 2.75) is 0 Å². The first-order valence-corrected chi connectivity index (χ1v) is 5.68. The molecule has 1 heterocycles. The van der Waals surface area contributed by atoms with Gasteiger partial charge < -0.3 is 15.0 Å². The van der Waals surface area contributed by atoms with Gasteiger partial charge in [-0.25, -0.2) is 0 Å². The van der Waals surface area contributed by atoms with Crippen LogP contribution in [0.2, 0.25) is 0 Å². The van der Waals surface area contributed by atoms with E-state index in [9.17, 15) is 0 Å². The van der Waals surface area contributed by atoms with Crippen molar-refractivity contribution in [2.75, 3.05) is 43.1 Å². The van der Waals surface area contributed by atoms with Crippen LogP contribution in [0.25, 0.3) is 0 Å². The van der Waals surface area contributed by atoms with Gasteiger partial charge in [-0.15, -0.1) is 6.58 Å². The maximum Gasteiger partial charge on any atom is 0.0642 e. The Balaban J connectivity index is 2.14. The lowest BCUT2D eigenvalue weighted by Gasteiger charge is -2.30. The van der Waals surface area contributed by atoms with Crippen molar-refractivity contribution >= 4 is 11.4 Å². The largest absolute Gasteiger partial charge is 0.380 e. The normalized spacial score (nSPS) is 15.9. The zero-order valence-corrected chi connectivity index (χ0v) is 9.48. The van der Waals surface area contributed by atoms with E-state index < -0.39 is 0 Å². The van der Waals surface area contributed by atoms with E-state index >= 15 is 0 Å². The molecule has 0 saturated carbocycles. The third-order valence-electron chi connectivity index (χ3n) is 2.69. The Morgan fingerprint density at radius 3 is 2.81 bits per heavy atom. The number of para-hydroxylation sites is 2. The van der Waals surface area contributed by atoms with Crippen LogP contribution in [0.15, 0.2) is 36.9 Å². The summed E-state index contributed by atoms with van der Waals surface area (Å²) in [6.45, 7) is 8.08. The lowest BCUT2D eigenvalue weighted by molar-refractivity contribution is 0.123. The number of ether oxygens (including phenoxy) is 1. The van der Waals surface area contributed by atoms with Gasteiger partial charge in [-0.1, -0.05) is 18.2 Å². The van der Waals surface area contributed by atoms with Crippen molar-refractivity contribution < 1.29 is 4.74 Å². The zero-order valence-electron chi connectivity index (χ0n) is 9.48. The highest BCUT2D eigenvalue weighted by Crippen LogP contribution is 2.25. The number of morpholine rings is 1. The first kappa shape index (κ1) is 11.0. The van der Waals surface area contributed by atoms with Crippen molar-refractivity contribution in [2.24, 2.45) is 0 Å². The van der Waals surface area contributed by atoms with E-state index in [1.807, 2.05) is 6.08 Å². The minimum atomic E-state index is 0.793. The van der Waals surface area contributed by atoms with Crippen LogP contribution in [0.5, 0.6) is 0 Å². The second-order valence-electron chi connectivity index (χ2n) is 3.79.